The Labute approximate surface area is 126 Å². The topological polar surface area (TPSA) is 38.0 Å². The van der Waals surface area contributed by atoms with Crippen LogP contribution in [0, 0.1) is 16.3 Å². The molecular weight excluding hydrogens is 354 g/mol. The van der Waals surface area contributed by atoms with Crippen LogP contribution in [0.5, 0.6) is 0 Å². The summed E-state index contributed by atoms with van der Waals surface area (Å²) >= 11 is 2.14. The Balaban J connectivity index is 2.22. The lowest BCUT2D eigenvalue weighted by Gasteiger charge is -2.18. The van der Waals surface area contributed by atoms with Crippen molar-refractivity contribution in [3.8, 4) is 0 Å². The van der Waals surface area contributed by atoms with Crippen LogP contribution in [0.3, 0.4) is 0 Å². The molecule has 0 aliphatic carbocycles. The van der Waals surface area contributed by atoms with Crippen molar-refractivity contribution < 1.29 is 4.39 Å². The van der Waals surface area contributed by atoms with Crippen molar-refractivity contribution in [1.82, 2.24) is 5.43 Å². The minimum absolute atomic E-state index is 0.0183. The molecule has 0 saturated heterocycles. The van der Waals surface area contributed by atoms with Gasteiger partial charge in [0, 0.05) is 3.57 Å². The third-order valence-corrected chi connectivity index (χ3v) is 4.03. The molecule has 2 nitrogen and oxygen atoms in total. The summed E-state index contributed by atoms with van der Waals surface area (Å²) in [6.45, 7) is 2.06. The van der Waals surface area contributed by atoms with Crippen molar-refractivity contribution in [3.05, 3.63) is 68.5 Å². The molecule has 0 spiro atoms. The molecule has 0 heterocycles. The van der Waals surface area contributed by atoms with Crippen molar-refractivity contribution in [2.75, 3.05) is 0 Å². The molecule has 0 radical (unpaired) electrons. The minimum Gasteiger partial charge on any atom is -0.271 e. The summed E-state index contributed by atoms with van der Waals surface area (Å²) in [5.41, 5.74) is 6.27. The number of nitrogens with one attached hydrogen (secondary N) is 1. The summed E-state index contributed by atoms with van der Waals surface area (Å²) in [6, 6.07) is 13.1. The van der Waals surface area contributed by atoms with Gasteiger partial charge in [0.1, 0.15) is 5.82 Å². The van der Waals surface area contributed by atoms with Crippen LogP contribution in [0.15, 0.2) is 42.5 Å². The summed E-state index contributed by atoms with van der Waals surface area (Å²) < 4.78 is 14.0. The number of rotatable bonds is 4. The van der Waals surface area contributed by atoms with Crippen LogP contribution in [-0.2, 0) is 6.42 Å². The van der Waals surface area contributed by atoms with Crippen LogP contribution in [0.4, 0.5) is 4.39 Å². The summed E-state index contributed by atoms with van der Waals surface area (Å²) in [5.74, 6) is 5.42. The van der Waals surface area contributed by atoms with E-state index in [1.165, 1.54) is 23.3 Å². The molecule has 1 atom stereocenters. The Hall–Kier alpha value is -0.980. The third-order valence-electron chi connectivity index (χ3n) is 3.10. The lowest BCUT2D eigenvalue weighted by atomic mass is 9.99. The molecule has 0 aliphatic heterocycles. The molecule has 0 fully saturated rings. The number of aryl methyl sites for hydroxylation is 1. The monoisotopic (exact) mass is 370 g/mol. The molecule has 0 bridgehead atoms. The van der Waals surface area contributed by atoms with E-state index < -0.39 is 0 Å². The van der Waals surface area contributed by atoms with E-state index in [2.05, 4.69) is 59.2 Å². The normalized spacial score (nSPS) is 12.4. The maximum Gasteiger partial charge on any atom is 0.124 e. The molecule has 19 heavy (non-hydrogen) atoms. The second-order valence-corrected chi connectivity index (χ2v) is 5.74. The van der Waals surface area contributed by atoms with Crippen molar-refractivity contribution >= 4 is 22.6 Å². The Morgan fingerprint density at radius 2 is 1.89 bits per heavy atom. The summed E-state index contributed by atoms with van der Waals surface area (Å²) in [7, 11) is 0. The first kappa shape index (κ1) is 14.4. The lowest BCUT2D eigenvalue weighted by molar-refractivity contribution is 0.546. The van der Waals surface area contributed by atoms with E-state index in [4.69, 9.17) is 5.84 Å². The zero-order chi connectivity index (χ0) is 13.8. The SMILES string of the molecule is Cc1ccc(CC(NN)c2ccc(F)cc2I)cc1. The molecule has 0 aromatic heterocycles. The number of nitrogens with two attached hydrogens (primary N) is 1. The first-order valence-electron chi connectivity index (χ1n) is 6.07. The van der Waals surface area contributed by atoms with Gasteiger partial charge in [0.25, 0.3) is 0 Å². The summed E-state index contributed by atoms with van der Waals surface area (Å²) in [6.07, 6.45) is 0.776. The molecular formula is C15H16FIN2. The molecule has 3 N–H and O–H groups in total. The van der Waals surface area contributed by atoms with Crippen molar-refractivity contribution in [3.63, 3.8) is 0 Å². The number of hydrogen-bond donors (Lipinski definition) is 2. The zero-order valence-electron chi connectivity index (χ0n) is 10.7. The van der Waals surface area contributed by atoms with Crippen LogP contribution in [0.2, 0.25) is 0 Å². The third kappa shape index (κ3) is 3.75. The van der Waals surface area contributed by atoms with Crippen LogP contribution < -0.4 is 11.3 Å². The van der Waals surface area contributed by atoms with Gasteiger partial charge >= 0.3 is 0 Å². The van der Waals surface area contributed by atoms with E-state index in [1.807, 2.05) is 0 Å². The number of hydrogen-bond acceptors (Lipinski definition) is 2. The van der Waals surface area contributed by atoms with Gasteiger partial charge in [-0.1, -0.05) is 35.9 Å². The van der Waals surface area contributed by atoms with Gasteiger partial charge in [-0.2, -0.15) is 0 Å². The molecule has 2 rings (SSSR count). The molecule has 1 unspecified atom stereocenters. The summed E-state index contributed by atoms with van der Waals surface area (Å²) in [4.78, 5) is 0. The fourth-order valence-electron chi connectivity index (χ4n) is 2.00. The van der Waals surface area contributed by atoms with Crippen molar-refractivity contribution in [2.45, 2.75) is 19.4 Å². The first-order valence-corrected chi connectivity index (χ1v) is 7.14. The number of hydrazine groups is 1. The van der Waals surface area contributed by atoms with E-state index in [9.17, 15) is 4.39 Å². The van der Waals surface area contributed by atoms with Crippen LogP contribution in [-0.4, -0.2) is 0 Å². The molecule has 100 valence electrons. The molecule has 0 amide bonds. The van der Waals surface area contributed by atoms with Crippen LogP contribution in [0.1, 0.15) is 22.7 Å². The Bertz CT molecular complexity index is 555. The maximum atomic E-state index is 13.1. The van der Waals surface area contributed by atoms with Gasteiger partial charge in [0.2, 0.25) is 0 Å². The van der Waals surface area contributed by atoms with Gasteiger partial charge in [0.05, 0.1) is 6.04 Å². The van der Waals surface area contributed by atoms with E-state index in [0.717, 1.165) is 15.6 Å². The van der Waals surface area contributed by atoms with E-state index in [-0.39, 0.29) is 11.9 Å². The second kappa shape index (κ2) is 6.45. The molecule has 4 heteroatoms. The standard InChI is InChI=1S/C15H16FIN2/c1-10-2-4-11(5-3-10)8-15(19-18)13-7-6-12(16)9-14(13)17/h2-7,9,15,19H,8,18H2,1H3. The predicted molar refractivity (Wildman–Crippen MR) is 84.1 cm³/mol. The fraction of sp³-hybridized carbons (Fsp3) is 0.200. The largest absolute Gasteiger partial charge is 0.271 e. The average molecular weight is 370 g/mol. The second-order valence-electron chi connectivity index (χ2n) is 4.57. The van der Waals surface area contributed by atoms with Gasteiger partial charge in [-0.15, -0.1) is 0 Å². The van der Waals surface area contributed by atoms with Gasteiger partial charge in [0.15, 0.2) is 0 Å². The highest BCUT2D eigenvalue weighted by atomic mass is 127. The van der Waals surface area contributed by atoms with E-state index in [0.29, 0.717) is 0 Å². The number of halogens is 2. The Morgan fingerprint density at radius 3 is 2.47 bits per heavy atom. The lowest BCUT2D eigenvalue weighted by Crippen LogP contribution is -2.30. The Morgan fingerprint density at radius 1 is 1.21 bits per heavy atom. The van der Waals surface area contributed by atoms with Crippen molar-refractivity contribution in [2.24, 2.45) is 5.84 Å². The molecule has 0 aliphatic rings. The average Bonchev–Trinajstić information content (AvgIpc) is 2.39. The molecule has 2 aromatic carbocycles. The smallest absolute Gasteiger partial charge is 0.124 e. The zero-order valence-corrected chi connectivity index (χ0v) is 12.8. The van der Waals surface area contributed by atoms with Gasteiger partial charge in [-0.25, -0.2) is 4.39 Å². The van der Waals surface area contributed by atoms with Gasteiger partial charge in [-0.3, -0.25) is 11.3 Å². The molecule has 2 aromatic rings. The van der Waals surface area contributed by atoms with Crippen LogP contribution >= 0.6 is 22.6 Å². The molecule has 0 saturated carbocycles. The highest BCUT2D eigenvalue weighted by Crippen LogP contribution is 2.24. The highest BCUT2D eigenvalue weighted by molar-refractivity contribution is 14.1. The predicted octanol–water partition coefficient (Wildman–Crippen LogP) is 3.49. The first-order chi connectivity index (χ1) is 9.10. The van der Waals surface area contributed by atoms with Crippen molar-refractivity contribution in [1.29, 1.82) is 0 Å². The highest BCUT2D eigenvalue weighted by Gasteiger charge is 2.14. The van der Waals surface area contributed by atoms with Gasteiger partial charge in [-0.05, 0) is 59.2 Å². The quantitative estimate of drug-likeness (QED) is 0.491. The number of benzene rings is 2. The van der Waals surface area contributed by atoms with Crippen LogP contribution in [0.25, 0.3) is 0 Å². The fourth-order valence-corrected chi connectivity index (χ4v) is 2.86. The Kier molecular flexibility index (Phi) is 4.90. The van der Waals surface area contributed by atoms with E-state index in [1.54, 1.807) is 6.07 Å². The van der Waals surface area contributed by atoms with E-state index >= 15 is 0 Å². The minimum atomic E-state index is -0.223. The van der Waals surface area contributed by atoms with Gasteiger partial charge < -0.3 is 0 Å². The maximum absolute atomic E-state index is 13.1. The summed E-state index contributed by atoms with van der Waals surface area (Å²) in [5, 5.41) is 0.